The molecule has 0 aromatic heterocycles. The lowest BCUT2D eigenvalue weighted by Crippen LogP contribution is -2.30. The van der Waals surface area contributed by atoms with Crippen LogP contribution in [0.1, 0.15) is 26.3 Å². The van der Waals surface area contributed by atoms with Gasteiger partial charge in [0.15, 0.2) is 15.6 Å². The molecule has 1 atom stereocenters. The van der Waals surface area contributed by atoms with E-state index in [1.807, 2.05) is 13.8 Å². The first kappa shape index (κ1) is 15.8. The molecule has 0 bridgehead atoms. The number of halogens is 1. The quantitative estimate of drug-likeness (QED) is 0.807. The van der Waals surface area contributed by atoms with Crippen molar-refractivity contribution in [3.8, 4) is 0 Å². The molecule has 0 aliphatic rings. The number of ketones is 1. The topological polar surface area (TPSA) is 51.2 Å². The second-order valence-corrected chi connectivity index (χ2v) is 7.46. The van der Waals surface area contributed by atoms with Gasteiger partial charge in [0.1, 0.15) is 11.6 Å². The highest BCUT2D eigenvalue weighted by molar-refractivity contribution is 7.92. The lowest BCUT2D eigenvalue weighted by molar-refractivity contribution is -0.116. The van der Waals surface area contributed by atoms with Crippen LogP contribution in [0.5, 0.6) is 0 Å². The summed E-state index contributed by atoms with van der Waals surface area (Å²) in [5.74, 6) is -1.22. The Labute approximate surface area is 113 Å². The highest BCUT2D eigenvalue weighted by atomic mass is 32.2. The Morgan fingerprint density at radius 1 is 1.16 bits per heavy atom. The monoisotopic (exact) mass is 286 g/mol. The van der Waals surface area contributed by atoms with E-state index in [1.54, 1.807) is 6.92 Å². The summed E-state index contributed by atoms with van der Waals surface area (Å²) < 4.78 is 36.6. The molecule has 5 heteroatoms. The van der Waals surface area contributed by atoms with Gasteiger partial charge in [0.2, 0.25) is 0 Å². The molecule has 0 radical (unpaired) electrons. The van der Waals surface area contributed by atoms with Crippen molar-refractivity contribution >= 4 is 15.6 Å². The van der Waals surface area contributed by atoms with Gasteiger partial charge in [-0.3, -0.25) is 4.79 Å². The summed E-state index contributed by atoms with van der Waals surface area (Å²) in [4.78, 5) is 11.8. The average Bonchev–Trinajstić information content (AvgIpc) is 2.30. The molecule has 1 aromatic rings. The fraction of sp³-hybridized carbons (Fsp3) is 0.500. The summed E-state index contributed by atoms with van der Waals surface area (Å²) in [6.07, 6.45) is 0.0182. The summed E-state index contributed by atoms with van der Waals surface area (Å²) in [6, 6.07) is 5.50. The van der Waals surface area contributed by atoms with E-state index in [2.05, 4.69) is 0 Å². The highest BCUT2D eigenvalue weighted by Gasteiger charge is 2.26. The van der Waals surface area contributed by atoms with Gasteiger partial charge in [-0.15, -0.1) is 0 Å². The van der Waals surface area contributed by atoms with Crippen LogP contribution >= 0.6 is 0 Å². The number of sulfone groups is 1. The second-order valence-electron chi connectivity index (χ2n) is 5.10. The van der Waals surface area contributed by atoms with Crippen molar-refractivity contribution in [3.05, 3.63) is 35.6 Å². The smallest absolute Gasteiger partial charge is 0.160 e. The summed E-state index contributed by atoms with van der Waals surface area (Å²) in [5, 5.41) is -0.537. The Bertz CT molecular complexity index is 532. The van der Waals surface area contributed by atoms with E-state index in [0.29, 0.717) is 5.56 Å². The van der Waals surface area contributed by atoms with Crippen molar-refractivity contribution in [2.45, 2.75) is 32.4 Å². The maximum Gasteiger partial charge on any atom is 0.160 e. The first-order valence-electron chi connectivity index (χ1n) is 6.20. The van der Waals surface area contributed by atoms with Gasteiger partial charge in [0, 0.05) is 6.42 Å². The van der Waals surface area contributed by atoms with E-state index >= 15 is 0 Å². The third kappa shape index (κ3) is 4.74. The maximum atomic E-state index is 12.7. The van der Waals surface area contributed by atoms with Crippen LogP contribution < -0.4 is 0 Å². The molecule has 0 aliphatic carbocycles. The minimum atomic E-state index is -3.41. The van der Waals surface area contributed by atoms with E-state index in [9.17, 15) is 17.6 Å². The van der Waals surface area contributed by atoms with Crippen LogP contribution in [0.15, 0.2) is 24.3 Å². The molecule has 1 aromatic carbocycles. The molecule has 3 nitrogen and oxygen atoms in total. The second kappa shape index (κ2) is 6.28. The largest absolute Gasteiger partial charge is 0.298 e. The number of hydrogen-bond donors (Lipinski definition) is 0. The van der Waals surface area contributed by atoms with Gasteiger partial charge in [0.25, 0.3) is 0 Å². The number of Topliss-reactive ketones (excluding diaryl/α,β-unsaturated/α-hetero) is 1. The fourth-order valence-corrected chi connectivity index (χ4v) is 3.29. The molecule has 1 rings (SSSR count). The van der Waals surface area contributed by atoms with Crippen LogP contribution in [0.3, 0.4) is 0 Å². The van der Waals surface area contributed by atoms with Crippen LogP contribution in [0.2, 0.25) is 0 Å². The number of rotatable bonds is 6. The van der Waals surface area contributed by atoms with Crippen LogP contribution in [-0.4, -0.2) is 25.2 Å². The Balaban J connectivity index is 2.68. The van der Waals surface area contributed by atoms with Crippen molar-refractivity contribution in [2.24, 2.45) is 5.92 Å². The zero-order valence-electron chi connectivity index (χ0n) is 11.4. The summed E-state index contributed by atoms with van der Waals surface area (Å²) >= 11 is 0. The first-order valence-corrected chi connectivity index (χ1v) is 7.91. The SMILES string of the molecule is CC(C)C(C)S(=O)(=O)CC(=O)Cc1ccc(F)cc1. The van der Waals surface area contributed by atoms with Gasteiger partial charge in [-0.1, -0.05) is 26.0 Å². The molecule has 0 saturated carbocycles. The maximum absolute atomic E-state index is 12.7. The lowest BCUT2D eigenvalue weighted by Gasteiger charge is -2.15. The minimum Gasteiger partial charge on any atom is -0.298 e. The standard InChI is InChI=1S/C14H19FO3S/c1-10(2)11(3)19(17,18)9-14(16)8-12-4-6-13(15)7-5-12/h4-7,10-11H,8-9H2,1-3H3. The van der Waals surface area contributed by atoms with Crippen molar-refractivity contribution in [2.75, 3.05) is 5.75 Å². The summed E-state index contributed by atoms with van der Waals surface area (Å²) in [6.45, 7) is 5.24. The Morgan fingerprint density at radius 3 is 2.16 bits per heavy atom. The molecule has 0 amide bonds. The lowest BCUT2D eigenvalue weighted by atomic mass is 10.1. The van der Waals surface area contributed by atoms with Crippen LogP contribution in [0, 0.1) is 11.7 Å². The van der Waals surface area contributed by atoms with Gasteiger partial charge in [-0.2, -0.15) is 0 Å². The Morgan fingerprint density at radius 2 is 1.68 bits per heavy atom. The molecular formula is C14H19FO3S. The third-order valence-electron chi connectivity index (χ3n) is 3.18. The molecule has 0 heterocycles. The molecule has 0 N–H and O–H groups in total. The number of benzene rings is 1. The van der Waals surface area contributed by atoms with Crippen LogP contribution in [0.4, 0.5) is 4.39 Å². The molecule has 0 aliphatic heterocycles. The first-order chi connectivity index (χ1) is 8.72. The minimum absolute atomic E-state index is 0.0182. The molecule has 106 valence electrons. The van der Waals surface area contributed by atoms with Crippen molar-refractivity contribution in [1.29, 1.82) is 0 Å². The van der Waals surface area contributed by atoms with Gasteiger partial charge < -0.3 is 0 Å². The summed E-state index contributed by atoms with van der Waals surface area (Å²) in [7, 11) is -3.41. The number of carbonyl (C=O) groups excluding carboxylic acids is 1. The molecule has 19 heavy (non-hydrogen) atoms. The van der Waals surface area contributed by atoms with Gasteiger partial charge in [0.05, 0.1) is 5.25 Å². The highest BCUT2D eigenvalue weighted by Crippen LogP contribution is 2.13. The van der Waals surface area contributed by atoms with E-state index in [1.165, 1.54) is 24.3 Å². The summed E-state index contributed by atoms with van der Waals surface area (Å²) in [5.41, 5.74) is 0.624. The Hall–Kier alpha value is -1.23. The van der Waals surface area contributed by atoms with E-state index in [-0.39, 0.29) is 23.9 Å². The molecule has 1 unspecified atom stereocenters. The van der Waals surface area contributed by atoms with Gasteiger partial charge >= 0.3 is 0 Å². The van der Waals surface area contributed by atoms with E-state index < -0.39 is 20.8 Å². The molecule has 0 spiro atoms. The molecule has 0 fully saturated rings. The predicted octanol–water partition coefficient (Wildman–Crippen LogP) is 2.40. The van der Waals surface area contributed by atoms with Crippen LogP contribution in [-0.2, 0) is 21.1 Å². The Kier molecular flexibility index (Phi) is 5.23. The van der Waals surface area contributed by atoms with Crippen molar-refractivity contribution in [1.82, 2.24) is 0 Å². The number of hydrogen-bond acceptors (Lipinski definition) is 3. The average molecular weight is 286 g/mol. The number of carbonyl (C=O) groups is 1. The fourth-order valence-electron chi connectivity index (χ4n) is 1.65. The van der Waals surface area contributed by atoms with E-state index in [4.69, 9.17) is 0 Å². The van der Waals surface area contributed by atoms with Crippen molar-refractivity contribution < 1.29 is 17.6 Å². The third-order valence-corrected chi connectivity index (χ3v) is 5.58. The van der Waals surface area contributed by atoms with E-state index in [0.717, 1.165) is 0 Å². The predicted molar refractivity (Wildman–Crippen MR) is 73.2 cm³/mol. The normalized spacial score (nSPS) is 13.5. The van der Waals surface area contributed by atoms with Crippen molar-refractivity contribution in [3.63, 3.8) is 0 Å². The molecule has 0 saturated heterocycles. The van der Waals surface area contributed by atoms with Gasteiger partial charge in [-0.05, 0) is 30.5 Å². The van der Waals surface area contributed by atoms with Crippen LogP contribution in [0.25, 0.3) is 0 Å². The van der Waals surface area contributed by atoms with Gasteiger partial charge in [-0.25, -0.2) is 12.8 Å². The zero-order valence-corrected chi connectivity index (χ0v) is 12.2. The molecular weight excluding hydrogens is 267 g/mol. The zero-order chi connectivity index (χ0) is 14.6.